The van der Waals surface area contributed by atoms with Crippen LogP contribution >= 0.6 is 11.6 Å². The van der Waals surface area contributed by atoms with Crippen molar-refractivity contribution in [1.82, 2.24) is 9.97 Å². The van der Waals surface area contributed by atoms with Crippen LogP contribution in [0, 0.1) is 6.92 Å². The number of aryl methyl sites for hydroxylation is 1. The highest BCUT2D eigenvalue weighted by Gasteiger charge is 2.03. The summed E-state index contributed by atoms with van der Waals surface area (Å²) in [6.45, 7) is 2.56. The molecule has 0 amide bonds. The van der Waals surface area contributed by atoms with E-state index in [1.165, 1.54) is 6.33 Å². The number of anilines is 3. The second-order valence-electron chi connectivity index (χ2n) is 4.81. The first kappa shape index (κ1) is 14.4. The van der Waals surface area contributed by atoms with E-state index in [1.807, 2.05) is 43.3 Å². The Kier molecular flexibility index (Phi) is 4.25. The first-order valence-electron chi connectivity index (χ1n) is 6.82. The monoisotopic (exact) mass is 314 g/mol. The van der Waals surface area contributed by atoms with Gasteiger partial charge in [0.25, 0.3) is 0 Å². The molecule has 0 radical (unpaired) electrons. The van der Waals surface area contributed by atoms with Crippen molar-refractivity contribution in [2.24, 2.45) is 0 Å². The molecule has 0 aliphatic heterocycles. The third-order valence-corrected chi connectivity index (χ3v) is 3.38. The summed E-state index contributed by atoms with van der Waals surface area (Å²) in [5.41, 5.74) is 2.01. The van der Waals surface area contributed by atoms with Crippen LogP contribution in [0.5, 0.6) is 0 Å². The summed E-state index contributed by atoms with van der Waals surface area (Å²) in [6, 6.07) is 11.3. The minimum atomic E-state index is 0.573. The van der Waals surface area contributed by atoms with Crippen LogP contribution in [0.2, 0.25) is 5.02 Å². The van der Waals surface area contributed by atoms with Crippen molar-refractivity contribution in [1.29, 1.82) is 0 Å². The van der Waals surface area contributed by atoms with Crippen molar-refractivity contribution >= 4 is 28.9 Å². The van der Waals surface area contributed by atoms with Gasteiger partial charge in [-0.25, -0.2) is 9.97 Å². The molecule has 0 bridgehead atoms. The number of aromatic nitrogens is 2. The number of furan rings is 1. The highest BCUT2D eigenvalue weighted by atomic mass is 35.5. The number of nitrogens with one attached hydrogen (secondary N) is 2. The van der Waals surface area contributed by atoms with Crippen LogP contribution in [-0.4, -0.2) is 9.97 Å². The predicted molar refractivity (Wildman–Crippen MR) is 87.5 cm³/mol. The summed E-state index contributed by atoms with van der Waals surface area (Å²) >= 11 is 5.96. The molecule has 2 aromatic heterocycles. The van der Waals surface area contributed by atoms with E-state index in [2.05, 4.69) is 20.6 Å². The van der Waals surface area contributed by atoms with E-state index in [4.69, 9.17) is 16.0 Å². The van der Waals surface area contributed by atoms with Crippen molar-refractivity contribution in [2.45, 2.75) is 13.5 Å². The maximum atomic E-state index is 5.96. The van der Waals surface area contributed by atoms with Gasteiger partial charge in [0.1, 0.15) is 23.7 Å². The first-order valence-corrected chi connectivity index (χ1v) is 7.20. The third kappa shape index (κ3) is 3.56. The molecule has 22 heavy (non-hydrogen) atoms. The fraction of sp³-hybridized carbons (Fsp3) is 0.125. The molecule has 0 saturated carbocycles. The highest BCUT2D eigenvalue weighted by Crippen LogP contribution is 2.23. The minimum absolute atomic E-state index is 0.573. The first-order chi connectivity index (χ1) is 10.7. The number of hydrogen-bond donors (Lipinski definition) is 2. The molecule has 2 N–H and O–H groups in total. The van der Waals surface area contributed by atoms with Gasteiger partial charge in [-0.1, -0.05) is 11.6 Å². The van der Waals surface area contributed by atoms with Crippen LogP contribution in [0.15, 0.2) is 53.4 Å². The second-order valence-corrected chi connectivity index (χ2v) is 5.24. The van der Waals surface area contributed by atoms with E-state index < -0.39 is 0 Å². The van der Waals surface area contributed by atoms with E-state index in [-0.39, 0.29) is 0 Å². The molecule has 0 unspecified atom stereocenters. The van der Waals surface area contributed by atoms with E-state index in [9.17, 15) is 0 Å². The standard InChI is InChI=1S/C16H15ClN4O/c1-11-7-12(17)4-5-14(11)21-16-8-15(19-10-20-16)18-9-13-3-2-6-22-13/h2-8,10H,9H2,1H3,(H2,18,19,20,21). The molecule has 112 valence electrons. The Labute approximate surface area is 133 Å². The second kappa shape index (κ2) is 6.49. The zero-order valence-corrected chi connectivity index (χ0v) is 12.8. The Hall–Kier alpha value is -2.53. The van der Waals surface area contributed by atoms with Crippen LogP contribution in [-0.2, 0) is 6.54 Å². The fourth-order valence-electron chi connectivity index (χ4n) is 2.02. The van der Waals surface area contributed by atoms with Gasteiger partial charge < -0.3 is 15.1 Å². The Morgan fingerprint density at radius 1 is 1.14 bits per heavy atom. The summed E-state index contributed by atoms with van der Waals surface area (Å²) < 4.78 is 5.27. The molecule has 3 rings (SSSR count). The Morgan fingerprint density at radius 2 is 2.00 bits per heavy atom. The third-order valence-electron chi connectivity index (χ3n) is 3.14. The van der Waals surface area contributed by atoms with Crippen molar-refractivity contribution in [3.8, 4) is 0 Å². The molecule has 0 spiro atoms. The number of hydrogen-bond acceptors (Lipinski definition) is 5. The SMILES string of the molecule is Cc1cc(Cl)ccc1Nc1cc(NCc2ccco2)ncn1. The number of rotatable bonds is 5. The van der Waals surface area contributed by atoms with E-state index in [1.54, 1.807) is 6.26 Å². The van der Waals surface area contributed by atoms with Gasteiger partial charge in [-0.2, -0.15) is 0 Å². The average molecular weight is 315 g/mol. The zero-order chi connectivity index (χ0) is 15.4. The normalized spacial score (nSPS) is 10.5. The minimum Gasteiger partial charge on any atom is -0.467 e. The van der Waals surface area contributed by atoms with Crippen molar-refractivity contribution in [3.05, 3.63) is 65.3 Å². The molecular weight excluding hydrogens is 300 g/mol. The van der Waals surface area contributed by atoms with Crippen LogP contribution in [0.1, 0.15) is 11.3 Å². The van der Waals surface area contributed by atoms with Crippen molar-refractivity contribution in [3.63, 3.8) is 0 Å². The molecule has 3 aromatic rings. The lowest BCUT2D eigenvalue weighted by atomic mass is 10.2. The van der Waals surface area contributed by atoms with Crippen molar-refractivity contribution in [2.75, 3.05) is 10.6 Å². The van der Waals surface area contributed by atoms with Crippen LogP contribution in [0.3, 0.4) is 0 Å². The molecule has 0 aliphatic carbocycles. The molecule has 5 nitrogen and oxygen atoms in total. The van der Waals surface area contributed by atoms with Gasteiger partial charge >= 0.3 is 0 Å². The maximum absolute atomic E-state index is 5.96. The number of halogens is 1. The molecule has 0 atom stereocenters. The lowest BCUT2D eigenvalue weighted by molar-refractivity contribution is 0.518. The van der Waals surface area contributed by atoms with Crippen molar-refractivity contribution < 1.29 is 4.42 Å². The number of nitrogens with zero attached hydrogens (tertiary/aromatic N) is 2. The largest absolute Gasteiger partial charge is 0.467 e. The fourth-order valence-corrected chi connectivity index (χ4v) is 2.25. The average Bonchev–Trinajstić information content (AvgIpc) is 3.02. The smallest absolute Gasteiger partial charge is 0.135 e. The molecule has 2 heterocycles. The maximum Gasteiger partial charge on any atom is 0.135 e. The topological polar surface area (TPSA) is 63.0 Å². The summed E-state index contributed by atoms with van der Waals surface area (Å²) in [7, 11) is 0. The highest BCUT2D eigenvalue weighted by molar-refractivity contribution is 6.30. The van der Waals surface area contributed by atoms with E-state index in [0.29, 0.717) is 17.4 Å². The molecule has 0 saturated heterocycles. The van der Waals surface area contributed by atoms with Gasteiger partial charge in [0.2, 0.25) is 0 Å². The van der Waals surface area contributed by atoms with Gasteiger partial charge in [-0.15, -0.1) is 0 Å². The molecule has 0 fully saturated rings. The Balaban J connectivity index is 1.70. The summed E-state index contributed by atoms with van der Waals surface area (Å²) in [5, 5.41) is 7.17. The lowest BCUT2D eigenvalue weighted by Gasteiger charge is -2.10. The van der Waals surface area contributed by atoms with Gasteiger partial charge in [0.15, 0.2) is 0 Å². The zero-order valence-electron chi connectivity index (χ0n) is 12.0. The van der Waals surface area contributed by atoms with Gasteiger partial charge in [0, 0.05) is 16.8 Å². The Bertz CT molecular complexity index is 759. The summed E-state index contributed by atoms with van der Waals surface area (Å²) in [6.07, 6.45) is 3.16. The predicted octanol–water partition coefficient (Wildman–Crippen LogP) is 4.39. The number of benzene rings is 1. The molecule has 0 aliphatic rings. The molecular formula is C16H15ClN4O. The Morgan fingerprint density at radius 3 is 2.77 bits per heavy atom. The van der Waals surface area contributed by atoms with Crippen LogP contribution < -0.4 is 10.6 Å². The van der Waals surface area contributed by atoms with Gasteiger partial charge in [0.05, 0.1) is 12.8 Å². The molecule has 1 aromatic carbocycles. The molecule has 6 heteroatoms. The van der Waals surface area contributed by atoms with E-state index in [0.717, 1.165) is 22.8 Å². The quantitative estimate of drug-likeness (QED) is 0.731. The van der Waals surface area contributed by atoms with Gasteiger partial charge in [-0.05, 0) is 42.8 Å². The van der Waals surface area contributed by atoms with Crippen LogP contribution in [0.4, 0.5) is 17.3 Å². The lowest BCUT2D eigenvalue weighted by Crippen LogP contribution is -2.02. The van der Waals surface area contributed by atoms with E-state index >= 15 is 0 Å². The van der Waals surface area contributed by atoms with Gasteiger partial charge in [-0.3, -0.25) is 0 Å². The summed E-state index contributed by atoms with van der Waals surface area (Å²) in [4.78, 5) is 8.42. The summed E-state index contributed by atoms with van der Waals surface area (Å²) in [5.74, 6) is 2.28. The van der Waals surface area contributed by atoms with Crippen LogP contribution in [0.25, 0.3) is 0 Å².